The molecule has 5 nitrogen and oxygen atoms in total. The molecule has 3 rings (SSSR count). The molecular weight excluding hydrogens is 458 g/mol. The first-order chi connectivity index (χ1) is 15.2. The van der Waals surface area contributed by atoms with E-state index in [1.54, 1.807) is 18.2 Å². The number of amides is 1. The zero-order valence-corrected chi connectivity index (χ0v) is 19.1. The van der Waals surface area contributed by atoms with Gasteiger partial charge in [-0.1, -0.05) is 42.5 Å². The van der Waals surface area contributed by atoms with Gasteiger partial charge in [0.05, 0.1) is 23.4 Å². The van der Waals surface area contributed by atoms with Crippen LogP contribution in [0.4, 0.5) is 5.69 Å². The van der Waals surface area contributed by atoms with E-state index in [0.29, 0.717) is 49.2 Å². The van der Waals surface area contributed by atoms with Crippen molar-refractivity contribution < 1.29 is 19.0 Å². The molecule has 0 atom stereocenters. The second-order valence-electron chi connectivity index (χ2n) is 6.72. The highest BCUT2D eigenvalue weighted by molar-refractivity contribution is 9.10. The molecule has 0 fully saturated rings. The van der Waals surface area contributed by atoms with Crippen molar-refractivity contribution in [2.45, 2.75) is 13.3 Å². The monoisotopic (exact) mass is 483 g/mol. The lowest BCUT2D eigenvalue weighted by molar-refractivity contribution is 0.102. The molecule has 1 N–H and O–H groups in total. The number of anilines is 1. The van der Waals surface area contributed by atoms with Crippen molar-refractivity contribution in [2.24, 2.45) is 0 Å². The van der Waals surface area contributed by atoms with E-state index in [2.05, 4.69) is 33.4 Å². The predicted octanol–water partition coefficient (Wildman–Crippen LogP) is 5.74. The molecule has 0 bridgehead atoms. The van der Waals surface area contributed by atoms with E-state index in [1.807, 2.05) is 49.4 Å². The van der Waals surface area contributed by atoms with Crippen LogP contribution in [-0.2, 0) is 11.2 Å². The van der Waals surface area contributed by atoms with Gasteiger partial charge in [0.25, 0.3) is 5.91 Å². The van der Waals surface area contributed by atoms with E-state index < -0.39 is 0 Å². The number of carbonyl (C=O) groups excluding carboxylic acids is 1. The van der Waals surface area contributed by atoms with Crippen LogP contribution in [0.1, 0.15) is 22.8 Å². The third kappa shape index (κ3) is 7.12. The lowest BCUT2D eigenvalue weighted by Gasteiger charge is -2.13. The van der Waals surface area contributed by atoms with Crippen LogP contribution in [0.5, 0.6) is 11.5 Å². The molecule has 0 aliphatic carbocycles. The fourth-order valence-electron chi connectivity index (χ4n) is 2.93. The zero-order chi connectivity index (χ0) is 21.9. The molecule has 0 saturated carbocycles. The number of hydrogen-bond donors (Lipinski definition) is 1. The van der Waals surface area contributed by atoms with E-state index in [1.165, 1.54) is 5.56 Å². The largest absolute Gasteiger partial charge is 0.492 e. The van der Waals surface area contributed by atoms with Crippen molar-refractivity contribution in [3.63, 3.8) is 0 Å². The Morgan fingerprint density at radius 1 is 0.871 bits per heavy atom. The van der Waals surface area contributed by atoms with Crippen LogP contribution in [0.3, 0.4) is 0 Å². The standard InChI is InChI=1S/C25H26BrNO4/c1-2-29-16-17-31-24-11-7-6-10-22(24)27-25(28)20-12-13-23(21(26)18-20)30-15-14-19-8-4-3-5-9-19/h3-13,18H,2,14-17H2,1H3,(H,27,28). The Hall–Kier alpha value is -2.83. The molecule has 6 heteroatoms. The first kappa shape index (κ1) is 22.8. The Bertz CT molecular complexity index is 978. The lowest BCUT2D eigenvalue weighted by Crippen LogP contribution is -2.14. The second kappa shape index (κ2) is 12.1. The number of carbonyl (C=O) groups is 1. The number of nitrogens with one attached hydrogen (secondary N) is 1. The molecule has 0 aliphatic rings. The van der Waals surface area contributed by atoms with Crippen LogP contribution in [0.25, 0.3) is 0 Å². The maximum Gasteiger partial charge on any atom is 0.255 e. The van der Waals surface area contributed by atoms with Crippen LogP contribution in [0.15, 0.2) is 77.3 Å². The molecule has 0 spiro atoms. The third-order valence-corrected chi connectivity index (χ3v) is 5.13. The maximum atomic E-state index is 12.8. The molecule has 0 heterocycles. The topological polar surface area (TPSA) is 56.8 Å². The highest BCUT2D eigenvalue weighted by Gasteiger charge is 2.12. The summed E-state index contributed by atoms with van der Waals surface area (Å²) in [6.07, 6.45) is 0.815. The van der Waals surface area contributed by atoms with Crippen LogP contribution in [0, 0.1) is 0 Å². The number of halogens is 1. The van der Waals surface area contributed by atoms with E-state index in [9.17, 15) is 4.79 Å². The van der Waals surface area contributed by atoms with Gasteiger partial charge in [-0.05, 0) is 58.7 Å². The van der Waals surface area contributed by atoms with Gasteiger partial charge >= 0.3 is 0 Å². The fourth-order valence-corrected chi connectivity index (χ4v) is 3.42. The molecule has 162 valence electrons. The first-order valence-electron chi connectivity index (χ1n) is 10.2. The quantitative estimate of drug-likeness (QED) is 0.353. The molecule has 0 unspecified atom stereocenters. The summed E-state index contributed by atoms with van der Waals surface area (Å²) >= 11 is 3.51. The van der Waals surface area contributed by atoms with Crippen molar-refractivity contribution >= 4 is 27.5 Å². The third-order valence-electron chi connectivity index (χ3n) is 4.51. The Morgan fingerprint density at radius 3 is 2.39 bits per heavy atom. The van der Waals surface area contributed by atoms with Crippen LogP contribution < -0.4 is 14.8 Å². The maximum absolute atomic E-state index is 12.8. The summed E-state index contributed by atoms with van der Waals surface area (Å²) in [7, 11) is 0. The van der Waals surface area contributed by atoms with Gasteiger partial charge in [0.15, 0.2) is 0 Å². The fraction of sp³-hybridized carbons (Fsp3) is 0.240. The lowest BCUT2D eigenvalue weighted by atomic mass is 10.1. The average Bonchev–Trinajstić information content (AvgIpc) is 2.79. The number of benzene rings is 3. The summed E-state index contributed by atoms with van der Waals surface area (Å²) in [5.41, 5.74) is 2.35. The van der Waals surface area contributed by atoms with Crippen molar-refractivity contribution in [3.05, 3.63) is 88.4 Å². The van der Waals surface area contributed by atoms with Gasteiger partial charge in [0.1, 0.15) is 18.1 Å². The van der Waals surface area contributed by atoms with Gasteiger partial charge in [-0.15, -0.1) is 0 Å². The predicted molar refractivity (Wildman–Crippen MR) is 126 cm³/mol. The minimum Gasteiger partial charge on any atom is -0.492 e. The Kier molecular flexibility index (Phi) is 8.94. The van der Waals surface area contributed by atoms with Gasteiger partial charge in [-0.3, -0.25) is 4.79 Å². The van der Waals surface area contributed by atoms with E-state index >= 15 is 0 Å². The Labute approximate surface area is 191 Å². The van der Waals surface area contributed by atoms with E-state index in [-0.39, 0.29) is 5.91 Å². The van der Waals surface area contributed by atoms with Gasteiger partial charge in [0.2, 0.25) is 0 Å². The molecule has 3 aromatic rings. The van der Waals surface area contributed by atoms with Crippen LogP contribution >= 0.6 is 15.9 Å². The summed E-state index contributed by atoms with van der Waals surface area (Å²) in [4.78, 5) is 12.8. The van der Waals surface area contributed by atoms with Gasteiger partial charge < -0.3 is 19.5 Å². The van der Waals surface area contributed by atoms with Crippen LogP contribution in [-0.4, -0.2) is 32.3 Å². The molecule has 0 aromatic heterocycles. The van der Waals surface area contributed by atoms with E-state index in [4.69, 9.17) is 14.2 Å². The molecule has 0 saturated heterocycles. The Balaban J connectivity index is 1.58. The Morgan fingerprint density at radius 2 is 1.61 bits per heavy atom. The highest BCUT2D eigenvalue weighted by atomic mass is 79.9. The summed E-state index contributed by atoms with van der Waals surface area (Å²) in [6.45, 7) is 4.05. The molecular formula is C25H26BrNO4. The van der Waals surface area contributed by atoms with Gasteiger partial charge in [-0.2, -0.15) is 0 Å². The normalized spacial score (nSPS) is 10.5. The van der Waals surface area contributed by atoms with Crippen molar-refractivity contribution in [1.29, 1.82) is 0 Å². The van der Waals surface area contributed by atoms with Crippen molar-refractivity contribution in [2.75, 3.05) is 31.7 Å². The smallest absolute Gasteiger partial charge is 0.255 e. The second-order valence-corrected chi connectivity index (χ2v) is 7.58. The molecule has 0 aliphatic heterocycles. The summed E-state index contributed by atoms with van der Waals surface area (Å²) in [6, 6.07) is 22.8. The minimum absolute atomic E-state index is 0.225. The summed E-state index contributed by atoms with van der Waals surface area (Å²) in [5, 5.41) is 2.91. The number of rotatable bonds is 11. The molecule has 31 heavy (non-hydrogen) atoms. The number of ether oxygens (including phenoxy) is 3. The van der Waals surface area contributed by atoms with Gasteiger partial charge in [0, 0.05) is 18.6 Å². The summed E-state index contributed by atoms with van der Waals surface area (Å²) in [5.74, 6) is 1.08. The van der Waals surface area contributed by atoms with Crippen molar-refractivity contribution in [1.82, 2.24) is 0 Å². The zero-order valence-electron chi connectivity index (χ0n) is 17.5. The number of para-hydroxylation sites is 2. The molecule has 3 aromatic carbocycles. The van der Waals surface area contributed by atoms with Gasteiger partial charge in [-0.25, -0.2) is 0 Å². The molecule has 1 amide bonds. The highest BCUT2D eigenvalue weighted by Crippen LogP contribution is 2.28. The number of hydrogen-bond acceptors (Lipinski definition) is 4. The average molecular weight is 484 g/mol. The van der Waals surface area contributed by atoms with Crippen LogP contribution in [0.2, 0.25) is 0 Å². The summed E-state index contributed by atoms with van der Waals surface area (Å²) < 4.78 is 17.6. The molecule has 0 radical (unpaired) electrons. The SMILES string of the molecule is CCOCCOc1ccccc1NC(=O)c1ccc(OCCc2ccccc2)c(Br)c1. The van der Waals surface area contributed by atoms with Crippen molar-refractivity contribution in [3.8, 4) is 11.5 Å². The first-order valence-corrected chi connectivity index (χ1v) is 11.0. The van der Waals surface area contributed by atoms with E-state index in [0.717, 1.165) is 10.9 Å². The minimum atomic E-state index is -0.225.